The van der Waals surface area contributed by atoms with Crippen LogP contribution in [0.3, 0.4) is 0 Å². The molecule has 190 valence electrons. The average molecular weight is 602 g/mol. The van der Waals surface area contributed by atoms with Crippen molar-refractivity contribution in [1.82, 2.24) is 19.7 Å². The van der Waals surface area contributed by atoms with Gasteiger partial charge in [-0.2, -0.15) is 5.10 Å². The quantitative estimate of drug-likeness (QED) is 0.353. The van der Waals surface area contributed by atoms with Crippen molar-refractivity contribution in [3.8, 4) is 0 Å². The Kier molecular flexibility index (Phi) is 6.37. The van der Waals surface area contributed by atoms with Crippen molar-refractivity contribution >= 4 is 45.5 Å². The van der Waals surface area contributed by atoms with E-state index in [1.165, 1.54) is 18.1 Å². The summed E-state index contributed by atoms with van der Waals surface area (Å²) in [6.07, 6.45) is 5.90. The minimum absolute atomic E-state index is 0.0522. The summed E-state index contributed by atoms with van der Waals surface area (Å²) >= 11 is 2.20. The van der Waals surface area contributed by atoms with E-state index in [9.17, 15) is 4.79 Å². The van der Waals surface area contributed by atoms with Gasteiger partial charge < -0.3 is 20.1 Å². The molecule has 0 bridgehead atoms. The first kappa shape index (κ1) is 24.1. The summed E-state index contributed by atoms with van der Waals surface area (Å²) in [4.78, 5) is 23.9. The smallest absolute Gasteiger partial charge is 0.303 e. The molecule has 2 aliphatic heterocycles. The molecule has 2 fully saturated rings. The van der Waals surface area contributed by atoms with E-state index in [2.05, 4.69) is 51.8 Å². The molecule has 10 heteroatoms. The SMILES string of the molecule is CC(=O)OCc1nc2c(I)nn(C3CCCCO3)c2nc1N1CCC2(CC1)Cc1ccccc1C2N. The Morgan fingerprint density at radius 1 is 1.25 bits per heavy atom. The Morgan fingerprint density at radius 2 is 2.06 bits per heavy atom. The molecule has 0 radical (unpaired) electrons. The van der Waals surface area contributed by atoms with Crippen molar-refractivity contribution in [3.05, 3.63) is 44.8 Å². The van der Waals surface area contributed by atoms with Gasteiger partial charge in [-0.05, 0) is 77.7 Å². The Labute approximate surface area is 223 Å². The fourth-order valence-corrected chi connectivity index (χ4v) is 6.64. The summed E-state index contributed by atoms with van der Waals surface area (Å²) in [6, 6.07) is 8.62. The van der Waals surface area contributed by atoms with Crippen LogP contribution in [0.25, 0.3) is 11.2 Å². The minimum atomic E-state index is -0.337. The van der Waals surface area contributed by atoms with Gasteiger partial charge in [0, 0.05) is 32.7 Å². The molecular weight excluding hydrogens is 571 g/mol. The van der Waals surface area contributed by atoms with Crippen molar-refractivity contribution in [2.24, 2.45) is 11.1 Å². The van der Waals surface area contributed by atoms with Crippen LogP contribution in [0.4, 0.5) is 5.82 Å². The third-order valence-corrected chi connectivity index (χ3v) is 8.75. The zero-order valence-electron chi connectivity index (χ0n) is 20.5. The number of rotatable bonds is 4. The molecule has 1 aliphatic carbocycles. The lowest BCUT2D eigenvalue weighted by Crippen LogP contribution is -2.45. The molecule has 6 rings (SSSR count). The highest BCUT2D eigenvalue weighted by Crippen LogP contribution is 2.51. The topological polar surface area (TPSA) is 108 Å². The number of halogens is 1. The average Bonchev–Trinajstić information content (AvgIpc) is 3.36. The van der Waals surface area contributed by atoms with Crippen molar-refractivity contribution in [3.63, 3.8) is 0 Å². The minimum Gasteiger partial charge on any atom is -0.459 e. The summed E-state index contributed by atoms with van der Waals surface area (Å²) in [7, 11) is 0. The number of piperidine rings is 1. The van der Waals surface area contributed by atoms with Crippen molar-refractivity contribution in [2.45, 2.75) is 64.3 Å². The molecule has 2 atom stereocenters. The lowest BCUT2D eigenvalue weighted by Gasteiger charge is -2.42. The molecule has 1 spiro atoms. The maximum atomic E-state index is 11.6. The van der Waals surface area contributed by atoms with Gasteiger partial charge in [-0.15, -0.1) is 0 Å². The van der Waals surface area contributed by atoms with E-state index in [1.807, 2.05) is 4.68 Å². The fourth-order valence-electron chi connectivity index (χ4n) is 6.05. The van der Waals surface area contributed by atoms with Gasteiger partial charge in [0.15, 0.2) is 21.4 Å². The maximum absolute atomic E-state index is 11.6. The Bertz CT molecular complexity index is 1300. The number of benzene rings is 1. The van der Waals surface area contributed by atoms with Crippen LogP contribution in [0.15, 0.2) is 24.3 Å². The van der Waals surface area contributed by atoms with Gasteiger partial charge in [0.1, 0.15) is 17.8 Å². The van der Waals surface area contributed by atoms with Gasteiger partial charge in [0.05, 0.1) is 0 Å². The molecule has 4 heterocycles. The molecule has 2 unspecified atom stereocenters. The number of fused-ring (bicyclic) bond motifs is 2. The molecule has 2 saturated heterocycles. The fraction of sp³-hybridized carbons (Fsp3) is 0.538. The van der Waals surface area contributed by atoms with E-state index in [-0.39, 0.29) is 30.3 Å². The number of esters is 1. The summed E-state index contributed by atoms with van der Waals surface area (Å²) in [6.45, 7) is 3.86. The van der Waals surface area contributed by atoms with E-state index < -0.39 is 0 Å². The first-order valence-corrected chi connectivity index (χ1v) is 13.8. The third-order valence-electron chi connectivity index (χ3n) is 8.03. The van der Waals surface area contributed by atoms with Crippen LogP contribution in [-0.4, -0.2) is 45.4 Å². The number of nitrogens with two attached hydrogens (primary N) is 1. The summed E-state index contributed by atoms with van der Waals surface area (Å²) in [5.74, 6) is 0.423. The van der Waals surface area contributed by atoms with E-state index >= 15 is 0 Å². The van der Waals surface area contributed by atoms with Crippen LogP contribution < -0.4 is 10.6 Å². The normalized spacial score (nSPS) is 23.2. The van der Waals surface area contributed by atoms with Gasteiger partial charge in [0.25, 0.3) is 0 Å². The molecule has 36 heavy (non-hydrogen) atoms. The van der Waals surface area contributed by atoms with Crippen molar-refractivity contribution in [2.75, 3.05) is 24.6 Å². The van der Waals surface area contributed by atoms with Crippen LogP contribution in [0, 0.1) is 9.12 Å². The number of hydrogen-bond donors (Lipinski definition) is 1. The number of aromatic nitrogens is 4. The number of carbonyl (C=O) groups excluding carboxylic acids is 1. The van der Waals surface area contributed by atoms with Gasteiger partial charge >= 0.3 is 5.97 Å². The van der Waals surface area contributed by atoms with Crippen LogP contribution in [0.2, 0.25) is 0 Å². The van der Waals surface area contributed by atoms with Gasteiger partial charge in [0.2, 0.25) is 0 Å². The summed E-state index contributed by atoms with van der Waals surface area (Å²) in [5, 5.41) is 4.74. The molecule has 1 aromatic carbocycles. The van der Waals surface area contributed by atoms with Crippen molar-refractivity contribution < 1.29 is 14.3 Å². The molecule has 0 amide bonds. The first-order valence-electron chi connectivity index (χ1n) is 12.7. The predicted octanol–water partition coefficient (Wildman–Crippen LogP) is 4.04. The highest BCUT2D eigenvalue weighted by Gasteiger charge is 2.46. The van der Waals surface area contributed by atoms with E-state index in [4.69, 9.17) is 30.3 Å². The number of anilines is 1. The molecular formula is C26H31IN6O3. The predicted molar refractivity (Wildman–Crippen MR) is 143 cm³/mol. The summed E-state index contributed by atoms with van der Waals surface area (Å²) in [5.41, 5.74) is 11.6. The zero-order chi connectivity index (χ0) is 24.9. The molecule has 2 N–H and O–H groups in total. The van der Waals surface area contributed by atoms with E-state index in [0.717, 1.165) is 78.9 Å². The standard InChI is InChI=1S/C26H31IN6O3/c1-16(34)36-15-19-24(30-25-21(29-19)23(27)31-33(25)20-8-4-5-13-35-20)32-11-9-26(10-12-32)14-17-6-2-3-7-18(17)22(26)28/h2-3,6-7,20,22H,4-5,8-15,28H2,1H3. The Balaban J connectivity index is 1.33. The number of carbonyl (C=O) groups is 1. The largest absolute Gasteiger partial charge is 0.459 e. The molecule has 2 aromatic heterocycles. The highest BCUT2D eigenvalue weighted by atomic mass is 127. The van der Waals surface area contributed by atoms with Crippen LogP contribution in [0.1, 0.15) is 68.1 Å². The monoisotopic (exact) mass is 602 g/mol. The molecule has 3 aliphatic rings. The lowest BCUT2D eigenvalue weighted by molar-refractivity contribution is -0.142. The second-order valence-electron chi connectivity index (χ2n) is 10.2. The second-order valence-corrected chi connectivity index (χ2v) is 11.2. The zero-order valence-corrected chi connectivity index (χ0v) is 22.6. The lowest BCUT2D eigenvalue weighted by atomic mass is 9.73. The van der Waals surface area contributed by atoms with Gasteiger partial charge in [-0.25, -0.2) is 14.6 Å². The second kappa shape index (κ2) is 9.53. The van der Waals surface area contributed by atoms with Crippen LogP contribution >= 0.6 is 22.6 Å². The van der Waals surface area contributed by atoms with Gasteiger partial charge in [-0.3, -0.25) is 4.79 Å². The molecule has 3 aromatic rings. The van der Waals surface area contributed by atoms with Crippen LogP contribution in [-0.2, 0) is 27.3 Å². The first-order chi connectivity index (χ1) is 17.4. The Morgan fingerprint density at radius 3 is 2.78 bits per heavy atom. The van der Waals surface area contributed by atoms with Crippen LogP contribution in [0.5, 0.6) is 0 Å². The third kappa shape index (κ3) is 4.16. The number of ether oxygens (including phenoxy) is 2. The van der Waals surface area contributed by atoms with Crippen molar-refractivity contribution in [1.29, 1.82) is 0 Å². The van der Waals surface area contributed by atoms with Gasteiger partial charge in [-0.1, -0.05) is 24.3 Å². The number of nitrogens with zero attached hydrogens (tertiary/aromatic N) is 5. The highest BCUT2D eigenvalue weighted by molar-refractivity contribution is 14.1. The van der Waals surface area contributed by atoms with E-state index in [0.29, 0.717) is 5.69 Å². The summed E-state index contributed by atoms with van der Waals surface area (Å²) < 4.78 is 14.1. The molecule has 9 nitrogen and oxygen atoms in total. The van der Waals surface area contributed by atoms with E-state index in [1.54, 1.807) is 0 Å². The number of hydrogen-bond acceptors (Lipinski definition) is 8. The molecule has 0 saturated carbocycles. The Hall–Kier alpha value is -2.31. The maximum Gasteiger partial charge on any atom is 0.303 e.